The lowest BCUT2D eigenvalue weighted by Crippen LogP contribution is -2.30. The van der Waals surface area contributed by atoms with E-state index >= 15 is 0 Å². The van der Waals surface area contributed by atoms with Crippen LogP contribution in [-0.2, 0) is 0 Å². The summed E-state index contributed by atoms with van der Waals surface area (Å²) in [5, 5.41) is 10.2. The molecule has 1 heteroatoms. The Morgan fingerprint density at radius 2 is 1.54 bits per heavy atom. The van der Waals surface area contributed by atoms with Crippen LogP contribution >= 0.6 is 0 Å². The van der Waals surface area contributed by atoms with Gasteiger partial charge in [0.1, 0.15) is 0 Å². The topological polar surface area (TPSA) is 20.2 Å². The third-order valence-corrected chi connectivity index (χ3v) is 4.04. The molecule has 2 saturated carbocycles. The van der Waals surface area contributed by atoms with E-state index in [2.05, 4.69) is 6.92 Å². The molecule has 2 aliphatic carbocycles. The fraction of sp³-hybridized carbons (Fsp3) is 1.00. The van der Waals surface area contributed by atoms with Crippen LogP contribution in [0.1, 0.15) is 51.9 Å². The van der Waals surface area contributed by atoms with E-state index in [0.717, 1.165) is 5.92 Å². The summed E-state index contributed by atoms with van der Waals surface area (Å²) in [6.45, 7) is 2.25. The Morgan fingerprint density at radius 1 is 0.923 bits per heavy atom. The van der Waals surface area contributed by atoms with E-state index in [4.69, 9.17) is 0 Å². The molecule has 2 atom stereocenters. The van der Waals surface area contributed by atoms with E-state index in [-0.39, 0.29) is 6.10 Å². The van der Waals surface area contributed by atoms with Gasteiger partial charge >= 0.3 is 0 Å². The maximum Gasteiger partial charge on any atom is 0.0596 e. The summed E-state index contributed by atoms with van der Waals surface area (Å²) in [5.41, 5.74) is 0. The van der Waals surface area contributed by atoms with Crippen molar-refractivity contribution in [3.63, 3.8) is 0 Å². The van der Waals surface area contributed by atoms with E-state index < -0.39 is 0 Å². The normalized spacial score (nSPS) is 30.0. The summed E-state index contributed by atoms with van der Waals surface area (Å²) in [6.07, 6.45) is 9.37. The molecule has 0 unspecified atom stereocenters. The van der Waals surface area contributed by atoms with Crippen molar-refractivity contribution in [2.45, 2.75) is 58.0 Å². The van der Waals surface area contributed by atoms with Crippen molar-refractivity contribution in [1.82, 2.24) is 0 Å². The zero-order valence-electron chi connectivity index (χ0n) is 8.71. The van der Waals surface area contributed by atoms with Gasteiger partial charge in [-0.25, -0.2) is 0 Å². The fourth-order valence-electron chi connectivity index (χ4n) is 2.81. The number of aliphatic hydroxyl groups excluding tert-OH is 1. The first kappa shape index (κ1) is 9.51. The Morgan fingerprint density at radius 3 is 2.08 bits per heavy atom. The number of hydrogen-bond acceptors (Lipinski definition) is 1. The second kappa shape index (κ2) is 4.00. The van der Waals surface area contributed by atoms with E-state index in [0.29, 0.717) is 11.8 Å². The number of rotatable bonds is 3. The van der Waals surface area contributed by atoms with Gasteiger partial charge in [-0.05, 0) is 43.4 Å². The Labute approximate surface area is 81.5 Å². The molecule has 2 fully saturated rings. The quantitative estimate of drug-likeness (QED) is 0.711. The monoisotopic (exact) mass is 182 g/mol. The van der Waals surface area contributed by atoms with Gasteiger partial charge in [0.2, 0.25) is 0 Å². The van der Waals surface area contributed by atoms with Gasteiger partial charge in [0.25, 0.3) is 0 Å². The first-order valence-corrected chi connectivity index (χ1v) is 5.97. The molecular weight excluding hydrogens is 160 g/mol. The molecule has 0 aliphatic heterocycles. The zero-order valence-corrected chi connectivity index (χ0v) is 8.71. The highest BCUT2D eigenvalue weighted by Crippen LogP contribution is 2.41. The molecule has 2 aliphatic rings. The predicted octanol–water partition coefficient (Wildman–Crippen LogP) is 2.97. The third-order valence-electron chi connectivity index (χ3n) is 4.04. The summed E-state index contributed by atoms with van der Waals surface area (Å²) in [6, 6.07) is 0. The molecule has 76 valence electrons. The lowest BCUT2D eigenvalue weighted by atomic mass is 9.79. The van der Waals surface area contributed by atoms with Crippen molar-refractivity contribution in [3.8, 4) is 0 Å². The van der Waals surface area contributed by atoms with Crippen LogP contribution in [0.4, 0.5) is 0 Å². The highest BCUT2D eigenvalue weighted by atomic mass is 16.3. The minimum absolute atomic E-state index is 0.00722. The third kappa shape index (κ3) is 2.25. The maximum absolute atomic E-state index is 10.2. The Hall–Kier alpha value is -0.0400. The van der Waals surface area contributed by atoms with Gasteiger partial charge in [-0.2, -0.15) is 0 Å². The standard InChI is InChI=1S/C12H22O/c1-9(10-7-8-10)12(13)11-5-3-2-4-6-11/h9-13H,2-8H2,1H3/t9-,12+/m0/s1. The van der Waals surface area contributed by atoms with Crippen LogP contribution in [0.3, 0.4) is 0 Å². The van der Waals surface area contributed by atoms with Crippen LogP contribution in [0, 0.1) is 17.8 Å². The van der Waals surface area contributed by atoms with Gasteiger partial charge in [0, 0.05) is 0 Å². The molecule has 0 saturated heterocycles. The predicted molar refractivity (Wildman–Crippen MR) is 54.5 cm³/mol. The van der Waals surface area contributed by atoms with E-state index in [1.807, 2.05) is 0 Å². The van der Waals surface area contributed by atoms with Gasteiger partial charge in [0.15, 0.2) is 0 Å². The second-order valence-electron chi connectivity index (χ2n) is 5.09. The van der Waals surface area contributed by atoms with Crippen molar-refractivity contribution in [2.75, 3.05) is 0 Å². The molecule has 13 heavy (non-hydrogen) atoms. The maximum atomic E-state index is 10.2. The van der Waals surface area contributed by atoms with Crippen molar-refractivity contribution >= 4 is 0 Å². The highest BCUT2D eigenvalue weighted by Gasteiger charge is 2.36. The molecule has 0 radical (unpaired) electrons. The summed E-state index contributed by atoms with van der Waals surface area (Å²) in [5.74, 6) is 2.06. The summed E-state index contributed by atoms with van der Waals surface area (Å²) in [7, 11) is 0. The fourth-order valence-corrected chi connectivity index (χ4v) is 2.81. The first-order valence-electron chi connectivity index (χ1n) is 5.97. The molecule has 0 heterocycles. The average molecular weight is 182 g/mol. The molecule has 0 aromatic carbocycles. The summed E-state index contributed by atoms with van der Waals surface area (Å²) >= 11 is 0. The molecule has 0 aromatic rings. The molecule has 1 nitrogen and oxygen atoms in total. The minimum atomic E-state index is 0.00722. The van der Waals surface area contributed by atoms with E-state index in [9.17, 15) is 5.11 Å². The smallest absolute Gasteiger partial charge is 0.0596 e. The molecule has 2 rings (SSSR count). The van der Waals surface area contributed by atoms with Crippen LogP contribution in [-0.4, -0.2) is 11.2 Å². The Kier molecular flexibility index (Phi) is 2.92. The second-order valence-corrected chi connectivity index (χ2v) is 5.09. The molecular formula is C12H22O. The lowest BCUT2D eigenvalue weighted by Gasteiger charge is -2.30. The van der Waals surface area contributed by atoms with E-state index in [1.165, 1.54) is 44.9 Å². The minimum Gasteiger partial charge on any atom is -0.393 e. The summed E-state index contributed by atoms with van der Waals surface area (Å²) < 4.78 is 0. The van der Waals surface area contributed by atoms with Crippen LogP contribution in [0.15, 0.2) is 0 Å². The molecule has 0 bridgehead atoms. The molecule has 1 N–H and O–H groups in total. The van der Waals surface area contributed by atoms with Crippen LogP contribution < -0.4 is 0 Å². The van der Waals surface area contributed by atoms with Crippen molar-refractivity contribution in [1.29, 1.82) is 0 Å². The van der Waals surface area contributed by atoms with Crippen molar-refractivity contribution in [3.05, 3.63) is 0 Å². The van der Waals surface area contributed by atoms with Gasteiger partial charge in [-0.3, -0.25) is 0 Å². The Balaban J connectivity index is 1.82. The van der Waals surface area contributed by atoms with Gasteiger partial charge in [-0.15, -0.1) is 0 Å². The van der Waals surface area contributed by atoms with Gasteiger partial charge < -0.3 is 5.11 Å². The van der Waals surface area contributed by atoms with Crippen molar-refractivity contribution < 1.29 is 5.11 Å². The van der Waals surface area contributed by atoms with Crippen LogP contribution in [0.2, 0.25) is 0 Å². The average Bonchev–Trinajstić information content (AvgIpc) is 3.00. The lowest BCUT2D eigenvalue weighted by molar-refractivity contribution is 0.0317. The van der Waals surface area contributed by atoms with E-state index in [1.54, 1.807) is 0 Å². The number of hydrogen-bond donors (Lipinski definition) is 1. The van der Waals surface area contributed by atoms with Gasteiger partial charge in [0.05, 0.1) is 6.10 Å². The zero-order chi connectivity index (χ0) is 9.26. The molecule has 0 aromatic heterocycles. The van der Waals surface area contributed by atoms with Crippen molar-refractivity contribution in [2.24, 2.45) is 17.8 Å². The molecule has 0 spiro atoms. The largest absolute Gasteiger partial charge is 0.393 e. The number of aliphatic hydroxyl groups is 1. The van der Waals surface area contributed by atoms with Crippen LogP contribution in [0.5, 0.6) is 0 Å². The van der Waals surface area contributed by atoms with Gasteiger partial charge in [-0.1, -0.05) is 26.2 Å². The SMILES string of the molecule is C[C@@H](C1CC1)[C@@H](O)C1CCCCC1. The first-order chi connectivity index (χ1) is 6.29. The van der Waals surface area contributed by atoms with Crippen LogP contribution in [0.25, 0.3) is 0 Å². The Bertz CT molecular complexity index is 157. The highest BCUT2D eigenvalue weighted by molar-refractivity contribution is 4.86. The molecule has 0 amide bonds. The summed E-state index contributed by atoms with van der Waals surface area (Å²) in [4.78, 5) is 0.